The van der Waals surface area contributed by atoms with E-state index in [4.69, 9.17) is 10.2 Å². The summed E-state index contributed by atoms with van der Waals surface area (Å²) in [6, 6.07) is 9.85. The fourth-order valence-corrected chi connectivity index (χ4v) is 2.30. The number of furan rings is 1. The highest BCUT2D eigenvalue weighted by molar-refractivity contribution is 7.98. The third-order valence-corrected chi connectivity index (χ3v) is 3.34. The van der Waals surface area contributed by atoms with Gasteiger partial charge in [-0.25, -0.2) is 0 Å². The molecule has 0 bridgehead atoms. The Morgan fingerprint density at radius 1 is 1.27 bits per heavy atom. The van der Waals surface area contributed by atoms with E-state index in [2.05, 4.69) is 0 Å². The summed E-state index contributed by atoms with van der Waals surface area (Å²) in [4.78, 5) is 1.10. The van der Waals surface area contributed by atoms with Crippen LogP contribution in [0, 0.1) is 6.92 Å². The van der Waals surface area contributed by atoms with Crippen molar-refractivity contribution in [2.45, 2.75) is 17.6 Å². The second-order valence-electron chi connectivity index (χ2n) is 3.35. The molecule has 1 heterocycles. The number of hydrogen-bond donors (Lipinski definition) is 1. The number of nitrogens with two attached hydrogens (primary N) is 1. The molecule has 0 radical (unpaired) electrons. The molecule has 0 aliphatic rings. The average Bonchev–Trinajstić information content (AvgIpc) is 2.63. The van der Waals surface area contributed by atoms with Crippen LogP contribution in [0.25, 0.3) is 0 Å². The fraction of sp³-hybridized carbons (Fsp3) is 0.167. The highest BCUT2D eigenvalue weighted by Gasteiger charge is 2.04. The van der Waals surface area contributed by atoms with E-state index in [-0.39, 0.29) is 0 Å². The van der Waals surface area contributed by atoms with Crippen molar-refractivity contribution in [2.75, 3.05) is 5.73 Å². The maximum atomic E-state index is 5.85. The molecule has 0 aliphatic carbocycles. The van der Waals surface area contributed by atoms with E-state index >= 15 is 0 Å². The Kier molecular flexibility index (Phi) is 3.02. The zero-order valence-corrected chi connectivity index (χ0v) is 9.38. The summed E-state index contributed by atoms with van der Waals surface area (Å²) < 4.78 is 5.36. The smallest absolute Gasteiger partial charge is 0.116 e. The molecular weight excluding hydrogens is 206 g/mol. The second kappa shape index (κ2) is 4.45. The largest absolute Gasteiger partial charge is 0.468 e. The van der Waals surface area contributed by atoms with Gasteiger partial charge >= 0.3 is 0 Å². The first-order valence-electron chi connectivity index (χ1n) is 4.77. The second-order valence-corrected chi connectivity index (χ2v) is 4.37. The topological polar surface area (TPSA) is 39.2 Å². The van der Waals surface area contributed by atoms with Gasteiger partial charge in [0, 0.05) is 10.6 Å². The molecule has 0 spiro atoms. The first-order chi connectivity index (χ1) is 7.27. The highest BCUT2D eigenvalue weighted by atomic mass is 32.2. The predicted molar refractivity (Wildman–Crippen MR) is 63.9 cm³/mol. The third-order valence-electron chi connectivity index (χ3n) is 2.25. The summed E-state index contributed by atoms with van der Waals surface area (Å²) >= 11 is 1.70. The van der Waals surface area contributed by atoms with Gasteiger partial charge in [-0.3, -0.25) is 0 Å². The van der Waals surface area contributed by atoms with Crippen molar-refractivity contribution in [3.05, 3.63) is 47.9 Å². The van der Waals surface area contributed by atoms with Gasteiger partial charge in [-0.1, -0.05) is 12.1 Å². The first kappa shape index (κ1) is 10.2. The number of thioether (sulfide) groups is 1. The molecule has 2 nitrogen and oxygen atoms in total. The molecule has 0 atom stereocenters. The quantitative estimate of drug-likeness (QED) is 0.634. The van der Waals surface area contributed by atoms with Crippen molar-refractivity contribution in [3.8, 4) is 0 Å². The summed E-state index contributed by atoms with van der Waals surface area (Å²) in [6.45, 7) is 2.05. The number of rotatable bonds is 3. The van der Waals surface area contributed by atoms with Gasteiger partial charge < -0.3 is 10.2 Å². The van der Waals surface area contributed by atoms with E-state index < -0.39 is 0 Å². The zero-order chi connectivity index (χ0) is 10.7. The maximum Gasteiger partial charge on any atom is 0.116 e. The SMILES string of the molecule is Cc1ccoc1CSc1ccccc1N. The summed E-state index contributed by atoms with van der Waals surface area (Å²) in [7, 11) is 0. The Bertz CT molecular complexity index is 450. The number of nitrogen functional groups attached to an aromatic ring is 1. The summed E-state index contributed by atoms with van der Waals surface area (Å²) in [6.07, 6.45) is 1.72. The van der Waals surface area contributed by atoms with Gasteiger partial charge in [0.15, 0.2) is 0 Å². The molecule has 15 heavy (non-hydrogen) atoms. The Balaban J connectivity index is 2.06. The van der Waals surface area contributed by atoms with Crippen molar-refractivity contribution < 1.29 is 4.42 Å². The van der Waals surface area contributed by atoms with Crippen LogP contribution in [0.2, 0.25) is 0 Å². The standard InChI is InChI=1S/C12H13NOS/c1-9-6-7-14-11(9)8-15-12-5-3-2-4-10(12)13/h2-7H,8,13H2,1H3. The van der Waals surface area contributed by atoms with E-state index in [1.807, 2.05) is 37.3 Å². The molecule has 0 unspecified atom stereocenters. The zero-order valence-electron chi connectivity index (χ0n) is 8.57. The van der Waals surface area contributed by atoms with E-state index in [0.717, 1.165) is 22.1 Å². The van der Waals surface area contributed by atoms with E-state index in [1.165, 1.54) is 5.56 Å². The predicted octanol–water partition coefficient (Wildman–Crippen LogP) is 3.46. The van der Waals surface area contributed by atoms with Gasteiger partial charge in [-0.15, -0.1) is 11.8 Å². The van der Waals surface area contributed by atoms with Gasteiger partial charge in [0.25, 0.3) is 0 Å². The molecule has 0 fully saturated rings. The van der Waals surface area contributed by atoms with Crippen LogP contribution < -0.4 is 5.73 Å². The van der Waals surface area contributed by atoms with Gasteiger partial charge in [0.2, 0.25) is 0 Å². The van der Waals surface area contributed by atoms with Crippen molar-refractivity contribution in [1.82, 2.24) is 0 Å². The normalized spacial score (nSPS) is 10.5. The molecule has 78 valence electrons. The average molecular weight is 219 g/mol. The van der Waals surface area contributed by atoms with Crippen molar-refractivity contribution >= 4 is 17.4 Å². The van der Waals surface area contributed by atoms with Crippen LogP contribution in [0.3, 0.4) is 0 Å². The number of benzene rings is 1. The lowest BCUT2D eigenvalue weighted by molar-refractivity contribution is 0.528. The highest BCUT2D eigenvalue weighted by Crippen LogP contribution is 2.28. The Labute approximate surface area is 93.5 Å². The number of hydrogen-bond acceptors (Lipinski definition) is 3. The monoisotopic (exact) mass is 219 g/mol. The van der Waals surface area contributed by atoms with E-state index in [1.54, 1.807) is 18.0 Å². The van der Waals surface area contributed by atoms with Crippen LogP contribution in [0.15, 0.2) is 45.9 Å². The van der Waals surface area contributed by atoms with Crippen molar-refractivity contribution in [3.63, 3.8) is 0 Å². The van der Waals surface area contributed by atoms with Crippen LogP contribution in [-0.2, 0) is 5.75 Å². The van der Waals surface area contributed by atoms with Gasteiger partial charge in [0.05, 0.1) is 12.0 Å². The molecule has 1 aromatic heterocycles. The number of anilines is 1. The van der Waals surface area contributed by atoms with Crippen molar-refractivity contribution in [1.29, 1.82) is 0 Å². The molecule has 2 N–H and O–H groups in total. The Morgan fingerprint density at radius 2 is 2.07 bits per heavy atom. The maximum absolute atomic E-state index is 5.85. The van der Waals surface area contributed by atoms with Gasteiger partial charge in [0.1, 0.15) is 5.76 Å². The minimum Gasteiger partial charge on any atom is -0.468 e. The molecule has 0 saturated heterocycles. The van der Waals surface area contributed by atoms with Crippen LogP contribution in [0.4, 0.5) is 5.69 Å². The minimum atomic E-state index is 0.826. The molecule has 0 aliphatic heterocycles. The molecule has 1 aromatic carbocycles. The summed E-state index contributed by atoms with van der Waals surface area (Å²) in [5.74, 6) is 1.84. The molecule has 3 heteroatoms. The number of para-hydroxylation sites is 1. The summed E-state index contributed by atoms with van der Waals surface area (Å²) in [5, 5.41) is 0. The Morgan fingerprint density at radius 3 is 2.73 bits per heavy atom. The van der Waals surface area contributed by atoms with Crippen LogP contribution in [-0.4, -0.2) is 0 Å². The van der Waals surface area contributed by atoms with Gasteiger partial charge in [-0.05, 0) is 30.7 Å². The lowest BCUT2D eigenvalue weighted by atomic mass is 10.3. The molecule has 0 saturated carbocycles. The van der Waals surface area contributed by atoms with Crippen LogP contribution >= 0.6 is 11.8 Å². The number of aryl methyl sites for hydroxylation is 1. The van der Waals surface area contributed by atoms with E-state index in [0.29, 0.717) is 0 Å². The van der Waals surface area contributed by atoms with E-state index in [9.17, 15) is 0 Å². The molecule has 2 aromatic rings. The summed E-state index contributed by atoms with van der Waals surface area (Å²) in [5.41, 5.74) is 7.86. The Hall–Kier alpha value is -1.35. The van der Waals surface area contributed by atoms with Crippen LogP contribution in [0.1, 0.15) is 11.3 Å². The lowest BCUT2D eigenvalue weighted by Crippen LogP contribution is -1.88. The molecule has 0 amide bonds. The molecular formula is C12H13NOS. The fourth-order valence-electron chi connectivity index (χ4n) is 1.31. The minimum absolute atomic E-state index is 0.826. The van der Waals surface area contributed by atoms with Crippen molar-refractivity contribution in [2.24, 2.45) is 0 Å². The van der Waals surface area contributed by atoms with Crippen LogP contribution in [0.5, 0.6) is 0 Å². The van der Waals surface area contributed by atoms with Gasteiger partial charge in [-0.2, -0.15) is 0 Å². The third kappa shape index (κ3) is 2.36. The first-order valence-corrected chi connectivity index (χ1v) is 5.76. The molecule has 2 rings (SSSR count). The lowest BCUT2D eigenvalue weighted by Gasteiger charge is -2.03.